The van der Waals surface area contributed by atoms with Crippen LogP contribution >= 0.6 is 0 Å². The molecule has 0 bridgehead atoms. The Hall–Kier alpha value is -5.80. The molecule has 0 unspecified atom stereocenters. The first-order valence-electron chi connectivity index (χ1n) is 15.4. The lowest BCUT2D eigenvalue weighted by Crippen LogP contribution is -2.03. The van der Waals surface area contributed by atoms with Crippen molar-refractivity contribution in [3.8, 4) is 22.4 Å². The average Bonchev–Trinajstić information content (AvgIpc) is 3.50. The van der Waals surface area contributed by atoms with Gasteiger partial charge in [0.15, 0.2) is 0 Å². The first-order chi connectivity index (χ1) is 22.2. The highest BCUT2D eigenvalue weighted by Crippen LogP contribution is 2.46. The number of hydrogen-bond donors (Lipinski definition) is 0. The highest BCUT2D eigenvalue weighted by atomic mass is 16.3. The van der Waals surface area contributed by atoms with Gasteiger partial charge in [-0.15, -0.1) is 0 Å². The van der Waals surface area contributed by atoms with E-state index < -0.39 is 0 Å². The normalized spacial score (nSPS) is 11.8. The molecule has 0 saturated heterocycles. The fourth-order valence-electron chi connectivity index (χ4n) is 6.98. The molecule has 0 fully saturated rings. The second-order valence-electron chi connectivity index (χ2n) is 11.7. The van der Waals surface area contributed by atoms with Crippen LogP contribution in [0.2, 0.25) is 0 Å². The van der Waals surface area contributed by atoms with Crippen LogP contribution in [0.3, 0.4) is 0 Å². The van der Waals surface area contributed by atoms with Crippen LogP contribution in [0, 0.1) is 6.92 Å². The number of furan rings is 1. The van der Waals surface area contributed by atoms with Gasteiger partial charge < -0.3 is 4.42 Å². The van der Waals surface area contributed by atoms with Crippen molar-refractivity contribution in [2.75, 3.05) is 0 Å². The second kappa shape index (κ2) is 10.1. The van der Waals surface area contributed by atoms with E-state index in [9.17, 15) is 0 Å². The Morgan fingerprint density at radius 1 is 0.533 bits per heavy atom. The lowest BCUT2D eigenvalue weighted by molar-refractivity contribution is 0.668. The van der Waals surface area contributed by atoms with Crippen molar-refractivity contribution in [3.05, 3.63) is 156 Å². The van der Waals surface area contributed by atoms with Crippen LogP contribution in [0.25, 0.3) is 76.9 Å². The number of rotatable bonds is 4. The molecule has 2 aromatic heterocycles. The summed E-state index contributed by atoms with van der Waals surface area (Å²) in [5, 5.41) is 6.96. The van der Waals surface area contributed by atoms with Gasteiger partial charge in [-0.1, -0.05) is 121 Å². The molecule has 0 spiro atoms. The predicted molar refractivity (Wildman–Crippen MR) is 187 cm³/mol. The summed E-state index contributed by atoms with van der Waals surface area (Å²) in [7, 11) is 0. The minimum Gasteiger partial charge on any atom is -0.455 e. The van der Waals surface area contributed by atoms with Crippen molar-refractivity contribution in [1.29, 1.82) is 0 Å². The van der Waals surface area contributed by atoms with Crippen molar-refractivity contribution in [2.24, 2.45) is 0 Å². The molecule has 3 heteroatoms. The maximum atomic E-state index is 7.06. The van der Waals surface area contributed by atoms with Gasteiger partial charge in [0.2, 0.25) is 0 Å². The summed E-state index contributed by atoms with van der Waals surface area (Å²) in [6, 6.07) is 48.9. The van der Waals surface area contributed by atoms with Crippen LogP contribution in [-0.4, -0.2) is 9.97 Å². The fourth-order valence-corrected chi connectivity index (χ4v) is 6.98. The highest BCUT2D eigenvalue weighted by molar-refractivity contribution is 6.26. The van der Waals surface area contributed by atoms with Crippen LogP contribution < -0.4 is 0 Å². The molecule has 0 saturated carbocycles. The van der Waals surface area contributed by atoms with E-state index in [1.54, 1.807) is 0 Å². The monoisotopic (exact) mass is 576 g/mol. The quantitative estimate of drug-likeness (QED) is 0.209. The summed E-state index contributed by atoms with van der Waals surface area (Å²) >= 11 is 0. The van der Waals surface area contributed by atoms with Crippen molar-refractivity contribution < 1.29 is 4.42 Å². The molecule has 3 nitrogen and oxygen atoms in total. The largest absolute Gasteiger partial charge is 0.455 e. The number of aromatic nitrogens is 2. The van der Waals surface area contributed by atoms with Crippen LogP contribution in [0.5, 0.6) is 0 Å². The number of hydrogen-bond acceptors (Lipinski definition) is 3. The Morgan fingerprint density at radius 3 is 2.02 bits per heavy atom. The Bertz CT molecular complexity index is 2580. The van der Waals surface area contributed by atoms with Crippen LogP contribution in [-0.2, 0) is 6.42 Å². The summed E-state index contributed by atoms with van der Waals surface area (Å²) in [6.07, 6.45) is 0.560. The maximum absolute atomic E-state index is 7.06. The van der Waals surface area contributed by atoms with Gasteiger partial charge in [0.1, 0.15) is 11.2 Å². The number of fused-ring (bicyclic) bond motifs is 8. The summed E-state index contributed by atoms with van der Waals surface area (Å²) in [4.78, 5) is 10.5. The van der Waals surface area contributed by atoms with Crippen molar-refractivity contribution in [2.45, 2.75) is 13.3 Å². The Kier molecular flexibility index (Phi) is 5.79. The standard InChI is InChI=1S/C42H28N2O/c1-26-13-5-7-17-29(26)38-31-19-9-10-20-32(31)39-33-24-23-27-14-6-8-18-30(27)41(33)45-42(39)34(38)25-37-40(28-15-3-2-4-16-28)44-36-22-12-11-21-35(36)43-37/h2-24H,25H2,1H3. The Morgan fingerprint density at radius 2 is 1.20 bits per heavy atom. The Balaban J connectivity index is 1.45. The van der Waals surface area contributed by atoms with Crippen molar-refractivity contribution >= 4 is 54.5 Å². The van der Waals surface area contributed by atoms with Gasteiger partial charge in [0.25, 0.3) is 0 Å². The zero-order chi connectivity index (χ0) is 29.9. The van der Waals surface area contributed by atoms with E-state index in [0.717, 1.165) is 60.9 Å². The lowest BCUT2D eigenvalue weighted by atomic mass is 9.86. The zero-order valence-electron chi connectivity index (χ0n) is 24.8. The summed E-state index contributed by atoms with van der Waals surface area (Å²) in [5.41, 5.74) is 11.2. The molecule has 0 aliphatic heterocycles. The van der Waals surface area contributed by atoms with E-state index >= 15 is 0 Å². The molecule has 9 rings (SSSR count). The van der Waals surface area contributed by atoms with Gasteiger partial charge in [-0.25, -0.2) is 9.97 Å². The SMILES string of the molecule is Cc1ccccc1-c1c(Cc2nc3ccccc3nc2-c2ccccc2)c2oc3c4ccccc4ccc3c2c2ccccc12. The molecule has 45 heavy (non-hydrogen) atoms. The van der Waals surface area contributed by atoms with Crippen molar-refractivity contribution in [1.82, 2.24) is 9.97 Å². The van der Waals surface area contributed by atoms with E-state index in [4.69, 9.17) is 14.4 Å². The molecular formula is C42H28N2O. The van der Waals surface area contributed by atoms with Gasteiger partial charge in [-0.3, -0.25) is 0 Å². The van der Waals surface area contributed by atoms with Crippen molar-refractivity contribution in [3.63, 3.8) is 0 Å². The number of aryl methyl sites for hydroxylation is 1. The van der Waals surface area contributed by atoms with E-state index in [2.05, 4.69) is 116 Å². The molecule has 0 atom stereocenters. The topological polar surface area (TPSA) is 38.9 Å². The third-order valence-electron chi connectivity index (χ3n) is 9.07. The molecule has 9 aromatic rings. The number of nitrogens with zero attached hydrogens (tertiary/aromatic N) is 2. The summed E-state index contributed by atoms with van der Waals surface area (Å²) in [6.45, 7) is 2.19. The predicted octanol–water partition coefficient (Wildman–Crippen LogP) is 11.1. The molecule has 0 radical (unpaired) electrons. The molecular weight excluding hydrogens is 548 g/mol. The molecule has 0 aliphatic carbocycles. The van der Waals surface area contributed by atoms with Gasteiger partial charge in [0, 0.05) is 33.7 Å². The van der Waals surface area contributed by atoms with E-state index in [0.29, 0.717) is 6.42 Å². The number of benzene rings is 7. The minimum absolute atomic E-state index is 0.560. The van der Waals surface area contributed by atoms with Gasteiger partial charge in [-0.05, 0) is 58.0 Å². The number of para-hydroxylation sites is 2. The third kappa shape index (κ3) is 4.05. The first kappa shape index (κ1) is 25.7. The first-order valence-corrected chi connectivity index (χ1v) is 15.4. The lowest BCUT2D eigenvalue weighted by Gasteiger charge is -2.18. The van der Waals surface area contributed by atoms with E-state index in [-0.39, 0.29) is 0 Å². The molecule has 212 valence electrons. The Labute approximate surface area is 260 Å². The average molecular weight is 577 g/mol. The third-order valence-corrected chi connectivity index (χ3v) is 9.07. The van der Waals surface area contributed by atoms with Crippen LogP contribution in [0.1, 0.15) is 16.8 Å². The maximum Gasteiger partial charge on any atom is 0.143 e. The summed E-state index contributed by atoms with van der Waals surface area (Å²) in [5.74, 6) is 0. The van der Waals surface area contributed by atoms with Gasteiger partial charge in [-0.2, -0.15) is 0 Å². The van der Waals surface area contributed by atoms with E-state index in [1.165, 1.54) is 32.8 Å². The molecule has 0 N–H and O–H groups in total. The van der Waals surface area contributed by atoms with Crippen LogP contribution in [0.4, 0.5) is 0 Å². The second-order valence-corrected chi connectivity index (χ2v) is 11.7. The van der Waals surface area contributed by atoms with Crippen LogP contribution in [0.15, 0.2) is 144 Å². The molecule has 0 amide bonds. The smallest absolute Gasteiger partial charge is 0.143 e. The van der Waals surface area contributed by atoms with Gasteiger partial charge >= 0.3 is 0 Å². The minimum atomic E-state index is 0.560. The molecule has 7 aromatic carbocycles. The zero-order valence-corrected chi connectivity index (χ0v) is 24.8. The fraction of sp³-hybridized carbons (Fsp3) is 0.0476. The van der Waals surface area contributed by atoms with E-state index in [1.807, 2.05) is 30.3 Å². The molecule has 2 heterocycles. The molecule has 0 aliphatic rings. The highest BCUT2D eigenvalue weighted by Gasteiger charge is 2.24. The van der Waals surface area contributed by atoms with Gasteiger partial charge in [0.05, 0.1) is 22.4 Å². The summed E-state index contributed by atoms with van der Waals surface area (Å²) < 4.78 is 7.06.